The molecule has 2 aromatic heterocycles. The van der Waals surface area contributed by atoms with Crippen molar-refractivity contribution in [2.24, 2.45) is 10.8 Å². The van der Waals surface area contributed by atoms with Crippen molar-refractivity contribution < 1.29 is 51.4 Å². The van der Waals surface area contributed by atoms with Crippen LogP contribution in [-0.4, -0.2) is 74.6 Å². The zero-order valence-corrected chi connectivity index (χ0v) is 25.3. The van der Waals surface area contributed by atoms with Crippen molar-refractivity contribution in [3.05, 3.63) is 16.7 Å². The minimum absolute atomic E-state index is 0.0636. The molecule has 4 atom stereocenters. The number of nitrogens with two attached hydrogens (primary N) is 1. The molecule has 0 aliphatic carbocycles. The van der Waals surface area contributed by atoms with Crippen LogP contribution in [0.3, 0.4) is 0 Å². The SMILES string of the molecule is CC[C@]1(COP(=O)(OCOC(=O)C(C)(C)C)OCOC(=O)C(C)(C)C)O[C@@H](n2cnc3c(=O)[nH]c(N)nc32)[C@H](F)[C@@H]1O. The van der Waals surface area contributed by atoms with Crippen molar-refractivity contribution in [2.75, 3.05) is 25.9 Å². The molecule has 16 nitrogen and oxygen atoms in total. The Hall–Kier alpha value is -2.95. The molecule has 0 saturated carbocycles. The number of alkyl halides is 1. The number of aliphatic hydroxyl groups is 1. The Morgan fingerprint density at radius 2 is 1.69 bits per heavy atom. The molecule has 1 aliphatic heterocycles. The fourth-order valence-electron chi connectivity index (χ4n) is 3.70. The van der Waals surface area contributed by atoms with Gasteiger partial charge in [0.1, 0.15) is 11.7 Å². The Morgan fingerprint density at radius 3 is 2.19 bits per heavy atom. The van der Waals surface area contributed by atoms with Gasteiger partial charge in [-0.05, 0) is 48.0 Å². The lowest BCUT2D eigenvalue weighted by atomic mass is 9.94. The van der Waals surface area contributed by atoms with E-state index in [-0.39, 0.29) is 23.5 Å². The number of phosphoric acid groups is 1. The number of carbonyl (C=O) groups excluding carboxylic acids is 2. The van der Waals surface area contributed by atoms with Crippen LogP contribution in [0.1, 0.15) is 61.1 Å². The number of carbonyl (C=O) groups is 2. The molecule has 0 spiro atoms. The molecule has 42 heavy (non-hydrogen) atoms. The van der Waals surface area contributed by atoms with E-state index < -0.39 is 80.4 Å². The third kappa shape index (κ3) is 7.33. The number of phosphoric ester groups is 1. The molecule has 4 N–H and O–H groups in total. The summed E-state index contributed by atoms with van der Waals surface area (Å²) in [4.78, 5) is 46.6. The number of halogens is 1. The van der Waals surface area contributed by atoms with Gasteiger partial charge in [0.05, 0.1) is 23.8 Å². The molecule has 3 rings (SSSR count). The van der Waals surface area contributed by atoms with Crippen LogP contribution in [0.5, 0.6) is 0 Å². The van der Waals surface area contributed by atoms with Gasteiger partial charge >= 0.3 is 19.8 Å². The number of anilines is 1. The van der Waals surface area contributed by atoms with Gasteiger partial charge in [-0.3, -0.25) is 28.5 Å². The van der Waals surface area contributed by atoms with Crippen LogP contribution >= 0.6 is 7.82 Å². The normalized spacial score (nSPS) is 23.3. The number of nitrogens with one attached hydrogen (secondary N) is 1. The molecular weight excluding hydrogens is 584 g/mol. The summed E-state index contributed by atoms with van der Waals surface area (Å²) in [5.74, 6) is -1.61. The number of esters is 2. The highest BCUT2D eigenvalue weighted by molar-refractivity contribution is 7.48. The first-order valence-corrected chi connectivity index (χ1v) is 14.4. The van der Waals surface area contributed by atoms with Crippen LogP contribution in [-0.2, 0) is 41.9 Å². The summed E-state index contributed by atoms with van der Waals surface area (Å²) in [6.45, 7) is 8.61. The average molecular weight is 622 g/mol. The first kappa shape index (κ1) is 33.6. The highest BCUT2D eigenvalue weighted by Crippen LogP contribution is 2.52. The smallest absolute Gasteiger partial charge is 0.437 e. The lowest BCUT2D eigenvalue weighted by Gasteiger charge is -2.31. The Balaban J connectivity index is 1.81. The maximum Gasteiger partial charge on any atom is 0.480 e. The molecule has 1 fully saturated rings. The second kappa shape index (κ2) is 12.3. The van der Waals surface area contributed by atoms with Gasteiger partial charge in [0, 0.05) is 0 Å². The number of imidazole rings is 1. The third-order valence-electron chi connectivity index (χ3n) is 6.29. The maximum atomic E-state index is 15.5. The number of ether oxygens (including phenoxy) is 3. The van der Waals surface area contributed by atoms with Crippen LogP contribution in [0.15, 0.2) is 11.1 Å². The highest BCUT2D eigenvalue weighted by Gasteiger charge is 2.56. The number of fused-ring (bicyclic) bond motifs is 1. The lowest BCUT2D eigenvalue weighted by Crippen LogP contribution is -2.45. The summed E-state index contributed by atoms with van der Waals surface area (Å²) in [6, 6.07) is 0. The van der Waals surface area contributed by atoms with Gasteiger partial charge in [-0.15, -0.1) is 0 Å². The van der Waals surface area contributed by atoms with E-state index in [2.05, 4.69) is 15.0 Å². The molecule has 0 unspecified atom stereocenters. The van der Waals surface area contributed by atoms with Crippen LogP contribution in [0.2, 0.25) is 0 Å². The van der Waals surface area contributed by atoms with Gasteiger partial charge in [0.15, 0.2) is 23.6 Å². The topological polar surface area (TPSA) is 216 Å². The molecule has 236 valence electrons. The second-order valence-electron chi connectivity index (χ2n) is 11.7. The third-order valence-corrected chi connectivity index (χ3v) is 7.57. The molecule has 0 radical (unpaired) electrons. The number of nitrogens with zero attached hydrogens (tertiary/aromatic N) is 3. The summed E-state index contributed by atoms with van der Waals surface area (Å²) >= 11 is 0. The van der Waals surface area contributed by atoms with Gasteiger partial charge in [-0.1, -0.05) is 6.92 Å². The van der Waals surface area contributed by atoms with Crippen LogP contribution < -0.4 is 11.3 Å². The van der Waals surface area contributed by atoms with E-state index in [4.69, 9.17) is 33.5 Å². The van der Waals surface area contributed by atoms with Crippen molar-refractivity contribution in [1.82, 2.24) is 19.5 Å². The van der Waals surface area contributed by atoms with E-state index in [1.165, 1.54) is 0 Å². The number of nitrogen functional groups attached to an aromatic ring is 1. The molecule has 0 bridgehead atoms. The largest absolute Gasteiger partial charge is 0.480 e. The Labute approximate surface area is 240 Å². The zero-order chi connectivity index (χ0) is 31.7. The lowest BCUT2D eigenvalue weighted by molar-refractivity contribution is -0.165. The first-order chi connectivity index (χ1) is 19.3. The molecule has 0 amide bonds. The monoisotopic (exact) mass is 621 g/mol. The standard InChI is InChI=1S/C24H37FN5O11P/c1-8-24(15(31)13(25)18(41-24)30-10-27-14-16(30)28-21(26)29-17(14)32)9-38-42(35,39-11-36-19(33)22(2,3)4)40-12-37-20(34)23(5,6)7/h10,13,15,18,31H,8-9,11-12H2,1-7H3,(H3,26,28,29,32)/t13-,15+,18-,24-/m1/s1. The second-order valence-corrected chi connectivity index (χ2v) is 13.3. The molecule has 2 aromatic rings. The predicted octanol–water partition coefficient (Wildman–Crippen LogP) is 2.33. The Kier molecular flexibility index (Phi) is 9.86. The number of aromatic nitrogens is 4. The average Bonchev–Trinajstić information content (AvgIpc) is 3.41. The minimum Gasteiger partial charge on any atom is -0.437 e. The molecule has 18 heteroatoms. The van der Waals surface area contributed by atoms with E-state index in [0.717, 1.165) is 10.9 Å². The highest BCUT2D eigenvalue weighted by atomic mass is 31.2. The summed E-state index contributed by atoms with van der Waals surface area (Å²) in [5.41, 5.74) is 1.10. The minimum atomic E-state index is -4.68. The summed E-state index contributed by atoms with van der Waals surface area (Å²) in [7, 11) is -4.68. The fourth-order valence-corrected chi connectivity index (χ4v) is 4.66. The molecule has 1 saturated heterocycles. The molecule has 0 aromatic carbocycles. The molecular formula is C24H37FN5O11P. The molecule has 3 heterocycles. The number of aromatic amines is 1. The van der Waals surface area contributed by atoms with Gasteiger partial charge in [-0.25, -0.2) is 23.0 Å². The Morgan fingerprint density at radius 1 is 1.14 bits per heavy atom. The van der Waals surface area contributed by atoms with Crippen LogP contribution in [0.25, 0.3) is 11.2 Å². The van der Waals surface area contributed by atoms with E-state index in [1.54, 1.807) is 48.5 Å². The summed E-state index contributed by atoms with van der Waals surface area (Å²) < 4.78 is 61.6. The van der Waals surface area contributed by atoms with E-state index >= 15 is 4.39 Å². The number of aliphatic hydroxyl groups excluding tert-OH is 1. The van der Waals surface area contributed by atoms with Crippen molar-refractivity contribution >= 4 is 36.9 Å². The summed E-state index contributed by atoms with van der Waals surface area (Å²) in [5, 5.41) is 10.9. The Bertz CT molecular complexity index is 1370. The predicted molar refractivity (Wildman–Crippen MR) is 143 cm³/mol. The number of rotatable bonds is 11. The summed E-state index contributed by atoms with van der Waals surface area (Å²) in [6.07, 6.45) is -4.42. The molecule has 1 aliphatic rings. The van der Waals surface area contributed by atoms with Crippen molar-refractivity contribution in [1.29, 1.82) is 0 Å². The van der Waals surface area contributed by atoms with Gasteiger partial charge in [0.25, 0.3) is 5.56 Å². The van der Waals surface area contributed by atoms with Crippen LogP contribution in [0, 0.1) is 10.8 Å². The number of H-pyrrole nitrogens is 1. The van der Waals surface area contributed by atoms with Crippen molar-refractivity contribution in [2.45, 2.75) is 79.0 Å². The van der Waals surface area contributed by atoms with Crippen LogP contribution in [0.4, 0.5) is 10.3 Å². The number of hydrogen-bond acceptors (Lipinski definition) is 14. The zero-order valence-electron chi connectivity index (χ0n) is 24.4. The van der Waals surface area contributed by atoms with E-state index in [9.17, 15) is 24.1 Å². The number of hydrogen-bond donors (Lipinski definition) is 3. The van der Waals surface area contributed by atoms with Crippen molar-refractivity contribution in [3.8, 4) is 0 Å². The van der Waals surface area contributed by atoms with Gasteiger partial charge in [-0.2, -0.15) is 4.98 Å². The van der Waals surface area contributed by atoms with E-state index in [1.807, 2.05) is 0 Å². The fraction of sp³-hybridized carbons (Fsp3) is 0.708. The quantitative estimate of drug-likeness (QED) is 0.186. The van der Waals surface area contributed by atoms with Crippen molar-refractivity contribution in [3.63, 3.8) is 0 Å². The van der Waals surface area contributed by atoms with Gasteiger partial charge in [0.2, 0.25) is 19.5 Å². The van der Waals surface area contributed by atoms with Gasteiger partial charge < -0.3 is 25.1 Å². The maximum absolute atomic E-state index is 15.5. The first-order valence-electron chi connectivity index (χ1n) is 12.9. The van der Waals surface area contributed by atoms with E-state index in [0.29, 0.717) is 0 Å².